The lowest BCUT2D eigenvalue weighted by molar-refractivity contribution is -0.384. The van der Waals surface area contributed by atoms with Gasteiger partial charge in [-0.2, -0.15) is 13.2 Å². The zero-order valence-electron chi connectivity index (χ0n) is 17.7. The summed E-state index contributed by atoms with van der Waals surface area (Å²) < 4.78 is 52.1. The lowest BCUT2D eigenvalue weighted by atomic mass is 9.94. The number of nitro benzene ring substituents is 1. The Bertz CT molecular complexity index is 1030. The number of alkyl halides is 3. The van der Waals surface area contributed by atoms with Gasteiger partial charge >= 0.3 is 6.18 Å². The van der Waals surface area contributed by atoms with Crippen LogP contribution in [0.1, 0.15) is 36.8 Å². The van der Waals surface area contributed by atoms with Crippen molar-refractivity contribution in [2.45, 2.75) is 44.4 Å². The van der Waals surface area contributed by atoms with Crippen LogP contribution in [0.4, 0.5) is 28.9 Å². The summed E-state index contributed by atoms with van der Waals surface area (Å²) in [6, 6.07) is 8.74. The van der Waals surface area contributed by atoms with E-state index in [1.54, 1.807) is 17.0 Å². The number of piperidine rings is 1. The topological polar surface area (TPSA) is 66.7 Å². The highest BCUT2D eigenvalue weighted by Gasteiger charge is 2.38. The summed E-state index contributed by atoms with van der Waals surface area (Å²) >= 11 is 0. The van der Waals surface area contributed by atoms with E-state index in [-0.39, 0.29) is 29.4 Å². The molecular weight excluding hydrogens is 442 g/mol. The van der Waals surface area contributed by atoms with Crippen molar-refractivity contribution in [3.63, 3.8) is 0 Å². The minimum atomic E-state index is -4.67. The van der Waals surface area contributed by atoms with Crippen molar-refractivity contribution in [2.75, 3.05) is 18.0 Å². The number of carbonyl (C=O) groups is 1. The minimum Gasteiger partial charge on any atom is -0.366 e. The Morgan fingerprint density at radius 3 is 2.24 bits per heavy atom. The molecule has 2 aromatic rings. The summed E-state index contributed by atoms with van der Waals surface area (Å²) in [5.41, 5.74) is -0.687. The maximum absolute atomic E-state index is 13.2. The Kier molecular flexibility index (Phi) is 6.27. The van der Waals surface area contributed by atoms with Gasteiger partial charge in [0.1, 0.15) is 11.5 Å². The number of anilines is 1. The average Bonchev–Trinajstić information content (AvgIpc) is 3.62. The molecule has 176 valence electrons. The zero-order valence-corrected chi connectivity index (χ0v) is 17.7. The van der Waals surface area contributed by atoms with Gasteiger partial charge in [-0.05, 0) is 55.5 Å². The molecule has 0 unspecified atom stereocenters. The van der Waals surface area contributed by atoms with E-state index in [0.717, 1.165) is 30.5 Å². The predicted octanol–water partition coefficient (Wildman–Crippen LogP) is 5.16. The molecule has 33 heavy (non-hydrogen) atoms. The highest BCUT2D eigenvalue weighted by Crippen LogP contribution is 2.38. The van der Waals surface area contributed by atoms with Crippen LogP contribution in [-0.4, -0.2) is 34.9 Å². The van der Waals surface area contributed by atoms with Gasteiger partial charge in [0.2, 0.25) is 5.91 Å². The molecule has 1 aliphatic carbocycles. The summed E-state index contributed by atoms with van der Waals surface area (Å²) in [6.07, 6.45) is -1.93. The van der Waals surface area contributed by atoms with Crippen LogP contribution in [0.25, 0.3) is 0 Å². The number of carbonyl (C=O) groups excluding carboxylic acids is 1. The predicted molar refractivity (Wildman–Crippen MR) is 113 cm³/mol. The van der Waals surface area contributed by atoms with Gasteiger partial charge in [0.15, 0.2) is 0 Å². The fraction of sp³-hybridized carbons (Fsp3) is 0.435. The molecule has 1 saturated carbocycles. The summed E-state index contributed by atoms with van der Waals surface area (Å²) in [5, 5.41) is 11.4. The van der Waals surface area contributed by atoms with E-state index in [1.807, 2.05) is 4.90 Å². The molecule has 0 radical (unpaired) electrons. The van der Waals surface area contributed by atoms with Gasteiger partial charge in [-0.25, -0.2) is 4.39 Å². The zero-order chi connectivity index (χ0) is 23.8. The normalized spacial score (nSPS) is 17.2. The number of nitro groups is 1. The summed E-state index contributed by atoms with van der Waals surface area (Å²) in [6.45, 7) is 1.06. The molecule has 1 aliphatic heterocycles. The van der Waals surface area contributed by atoms with Crippen LogP contribution in [0.2, 0.25) is 0 Å². The van der Waals surface area contributed by atoms with Gasteiger partial charge < -0.3 is 9.80 Å². The van der Waals surface area contributed by atoms with E-state index >= 15 is 0 Å². The Balaban J connectivity index is 1.44. The number of hydrogen-bond acceptors (Lipinski definition) is 4. The Morgan fingerprint density at radius 2 is 1.70 bits per heavy atom. The number of amides is 1. The van der Waals surface area contributed by atoms with Crippen LogP contribution >= 0.6 is 0 Å². The van der Waals surface area contributed by atoms with Gasteiger partial charge in [0.05, 0.1) is 10.5 Å². The molecule has 2 aliphatic rings. The van der Waals surface area contributed by atoms with Crippen molar-refractivity contribution in [1.29, 1.82) is 0 Å². The van der Waals surface area contributed by atoms with Crippen LogP contribution in [0.5, 0.6) is 0 Å². The number of halogens is 4. The Hall–Kier alpha value is -3.17. The van der Waals surface area contributed by atoms with E-state index in [2.05, 4.69) is 0 Å². The monoisotopic (exact) mass is 465 g/mol. The van der Waals surface area contributed by atoms with Crippen LogP contribution in [0.15, 0.2) is 42.5 Å². The number of nitrogens with zero attached hydrogens (tertiary/aromatic N) is 3. The van der Waals surface area contributed by atoms with E-state index in [0.29, 0.717) is 38.5 Å². The first-order valence-corrected chi connectivity index (χ1v) is 10.8. The first kappa shape index (κ1) is 23.0. The largest absolute Gasteiger partial charge is 0.416 e. The van der Waals surface area contributed by atoms with Crippen molar-refractivity contribution >= 4 is 17.3 Å². The van der Waals surface area contributed by atoms with Crippen LogP contribution in [-0.2, 0) is 17.5 Å². The minimum absolute atomic E-state index is 0.00314. The Labute approximate surface area is 187 Å². The smallest absolute Gasteiger partial charge is 0.366 e. The second-order valence-electron chi connectivity index (χ2n) is 8.54. The molecule has 2 fully saturated rings. The summed E-state index contributed by atoms with van der Waals surface area (Å²) in [5.74, 6) is -0.605. The third kappa shape index (κ3) is 5.26. The fourth-order valence-electron chi connectivity index (χ4n) is 4.27. The second-order valence-corrected chi connectivity index (χ2v) is 8.54. The van der Waals surface area contributed by atoms with Crippen molar-refractivity contribution in [2.24, 2.45) is 5.92 Å². The van der Waals surface area contributed by atoms with Gasteiger partial charge in [0, 0.05) is 37.7 Å². The maximum Gasteiger partial charge on any atom is 0.416 e. The van der Waals surface area contributed by atoms with Crippen LogP contribution in [0, 0.1) is 21.8 Å². The summed E-state index contributed by atoms with van der Waals surface area (Å²) in [4.78, 5) is 27.3. The van der Waals surface area contributed by atoms with E-state index < -0.39 is 22.4 Å². The van der Waals surface area contributed by atoms with Crippen molar-refractivity contribution in [3.8, 4) is 0 Å². The number of benzene rings is 2. The SMILES string of the molecule is O=C(C1CCN(c2ccc(C(F)(F)F)cc2[N+](=O)[O-])CC1)N(Cc1ccc(F)cc1)C1CC1. The number of hydrogen-bond donors (Lipinski definition) is 0. The molecule has 10 heteroatoms. The lowest BCUT2D eigenvalue weighted by Gasteiger charge is -2.35. The van der Waals surface area contributed by atoms with Crippen LogP contribution < -0.4 is 4.90 Å². The number of rotatable bonds is 6. The maximum atomic E-state index is 13.2. The third-order valence-corrected chi connectivity index (χ3v) is 6.22. The molecule has 6 nitrogen and oxygen atoms in total. The molecule has 2 aromatic carbocycles. The molecule has 1 heterocycles. The highest BCUT2D eigenvalue weighted by atomic mass is 19.4. The van der Waals surface area contributed by atoms with Crippen molar-refractivity contribution in [1.82, 2.24) is 4.90 Å². The average molecular weight is 465 g/mol. The van der Waals surface area contributed by atoms with Gasteiger partial charge in [-0.15, -0.1) is 0 Å². The summed E-state index contributed by atoms with van der Waals surface area (Å²) in [7, 11) is 0. The first-order valence-electron chi connectivity index (χ1n) is 10.8. The van der Waals surface area contributed by atoms with Crippen molar-refractivity contribution < 1.29 is 27.3 Å². The molecule has 0 spiro atoms. The molecule has 1 amide bonds. The van der Waals surface area contributed by atoms with E-state index in [9.17, 15) is 32.5 Å². The molecule has 1 saturated heterocycles. The van der Waals surface area contributed by atoms with E-state index in [1.165, 1.54) is 12.1 Å². The fourth-order valence-corrected chi connectivity index (χ4v) is 4.27. The molecule has 0 bridgehead atoms. The van der Waals surface area contributed by atoms with Gasteiger partial charge in [0.25, 0.3) is 5.69 Å². The van der Waals surface area contributed by atoms with Gasteiger partial charge in [-0.3, -0.25) is 14.9 Å². The molecule has 0 atom stereocenters. The molecule has 0 aromatic heterocycles. The Morgan fingerprint density at radius 1 is 1.06 bits per heavy atom. The molecular formula is C23H23F4N3O3. The van der Waals surface area contributed by atoms with Gasteiger partial charge in [-0.1, -0.05) is 12.1 Å². The van der Waals surface area contributed by atoms with E-state index in [4.69, 9.17) is 0 Å². The standard InChI is InChI=1S/C23H23F4N3O3/c24-18-4-1-15(2-5-18)14-29(19-6-7-19)22(31)16-9-11-28(12-10-16)20-8-3-17(23(25,26)27)13-21(20)30(32)33/h1-5,8,13,16,19H,6-7,9-12,14H2. The van der Waals surface area contributed by atoms with Crippen LogP contribution in [0.3, 0.4) is 0 Å². The molecule has 4 rings (SSSR count). The van der Waals surface area contributed by atoms with Crippen molar-refractivity contribution in [3.05, 3.63) is 69.5 Å². The second kappa shape index (κ2) is 8.99. The first-order chi connectivity index (χ1) is 15.6. The third-order valence-electron chi connectivity index (χ3n) is 6.22. The molecule has 0 N–H and O–H groups in total. The highest BCUT2D eigenvalue weighted by molar-refractivity contribution is 5.80. The lowest BCUT2D eigenvalue weighted by Crippen LogP contribution is -2.43. The quantitative estimate of drug-likeness (QED) is 0.336.